The zero-order valence-corrected chi connectivity index (χ0v) is 13.8. The lowest BCUT2D eigenvalue weighted by atomic mass is 9.97. The molecule has 3 atom stereocenters. The molecule has 0 aromatic carbocycles. The first-order valence-corrected chi connectivity index (χ1v) is 7.90. The van der Waals surface area contributed by atoms with Gasteiger partial charge in [-0.3, -0.25) is 0 Å². The van der Waals surface area contributed by atoms with Gasteiger partial charge in [-0.1, -0.05) is 5.16 Å². The molecule has 1 saturated carbocycles. The van der Waals surface area contributed by atoms with Crippen LogP contribution in [0.4, 0.5) is 4.79 Å². The fraction of sp³-hybridized carbons (Fsp3) is 0.750. The largest absolute Gasteiger partial charge is 0.444 e. The van der Waals surface area contributed by atoms with Crippen LogP contribution in [0.1, 0.15) is 38.6 Å². The van der Waals surface area contributed by atoms with Gasteiger partial charge in [-0.25, -0.2) is 4.79 Å². The highest BCUT2D eigenvalue weighted by Gasteiger charge is 2.67. The van der Waals surface area contributed by atoms with Crippen LogP contribution in [0.5, 0.6) is 0 Å². The van der Waals surface area contributed by atoms with Crippen LogP contribution in [0.2, 0.25) is 0 Å². The van der Waals surface area contributed by atoms with E-state index in [1.807, 2.05) is 33.8 Å². The molecule has 1 saturated heterocycles. The fourth-order valence-electron chi connectivity index (χ4n) is 3.84. The molecule has 3 rings (SSSR count). The van der Waals surface area contributed by atoms with Crippen LogP contribution in [0, 0.1) is 18.8 Å². The fourth-order valence-corrected chi connectivity index (χ4v) is 3.84. The van der Waals surface area contributed by atoms with E-state index < -0.39 is 5.60 Å². The SMILES string of the molecule is Cc1cc(C2(CN)C3CCN(C(=O)OC(C)(C)C)CC32)no1. The summed E-state index contributed by atoms with van der Waals surface area (Å²) in [6.07, 6.45) is 0.702. The van der Waals surface area contributed by atoms with Gasteiger partial charge in [-0.05, 0) is 46.0 Å². The third kappa shape index (κ3) is 2.39. The lowest BCUT2D eigenvalue weighted by Gasteiger charge is -2.29. The first-order chi connectivity index (χ1) is 10.3. The number of ether oxygens (including phenoxy) is 1. The Balaban J connectivity index is 1.73. The molecule has 0 radical (unpaired) electrons. The standard InChI is InChI=1S/C16H25N3O3/c1-10-7-13(18-22-10)16(9-17)11-5-6-19(8-12(11)16)14(20)21-15(2,3)4/h7,11-12H,5-6,8-9,17H2,1-4H3. The van der Waals surface area contributed by atoms with Crippen molar-refractivity contribution < 1.29 is 14.1 Å². The maximum Gasteiger partial charge on any atom is 0.410 e. The second-order valence-corrected chi connectivity index (χ2v) is 7.50. The van der Waals surface area contributed by atoms with Crippen LogP contribution >= 0.6 is 0 Å². The lowest BCUT2D eigenvalue weighted by Crippen LogP contribution is -2.40. The van der Waals surface area contributed by atoms with Gasteiger partial charge < -0.3 is 19.9 Å². The molecule has 2 fully saturated rings. The molecular weight excluding hydrogens is 282 g/mol. The van der Waals surface area contributed by atoms with E-state index in [2.05, 4.69) is 5.16 Å². The Morgan fingerprint density at radius 2 is 2.27 bits per heavy atom. The van der Waals surface area contributed by atoms with E-state index in [0.717, 1.165) is 17.9 Å². The van der Waals surface area contributed by atoms with E-state index in [9.17, 15) is 4.79 Å². The van der Waals surface area contributed by atoms with Crippen LogP contribution in [0.25, 0.3) is 0 Å². The molecule has 122 valence electrons. The summed E-state index contributed by atoms with van der Waals surface area (Å²) in [5.74, 6) is 1.64. The molecule has 1 aliphatic carbocycles. The van der Waals surface area contributed by atoms with Crippen molar-refractivity contribution >= 4 is 6.09 Å². The van der Waals surface area contributed by atoms with Gasteiger partial charge in [-0.2, -0.15) is 0 Å². The quantitative estimate of drug-likeness (QED) is 0.904. The van der Waals surface area contributed by atoms with E-state index in [4.69, 9.17) is 15.0 Å². The number of carbonyl (C=O) groups is 1. The highest BCUT2D eigenvalue weighted by atomic mass is 16.6. The minimum absolute atomic E-state index is 0.130. The van der Waals surface area contributed by atoms with Gasteiger partial charge >= 0.3 is 6.09 Å². The molecule has 2 aliphatic rings. The maximum absolute atomic E-state index is 12.3. The van der Waals surface area contributed by atoms with Crippen LogP contribution in [0.15, 0.2) is 10.6 Å². The number of hydrogen-bond acceptors (Lipinski definition) is 5. The van der Waals surface area contributed by atoms with E-state index in [-0.39, 0.29) is 11.5 Å². The molecule has 1 aromatic rings. The van der Waals surface area contributed by atoms with Crippen LogP contribution in [-0.2, 0) is 10.2 Å². The lowest BCUT2D eigenvalue weighted by molar-refractivity contribution is 0.0206. The number of hydrogen-bond donors (Lipinski definition) is 1. The molecule has 2 heterocycles. The second-order valence-electron chi connectivity index (χ2n) is 7.50. The highest BCUT2D eigenvalue weighted by molar-refractivity contribution is 5.68. The summed E-state index contributed by atoms with van der Waals surface area (Å²) in [7, 11) is 0. The Morgan fingerprint density at radius 1 is 1.55 bits per heavy atom. The normalized spacial score (nSPS) is 30.9. The topological polar surface area (TPSA) is 81.6 Å². The summed E-state index contributed by atoms with van der Waals surface area (Å²) in [6, 6.07) is 1.98. The van der Waals surface area contributed by atoms with E-state index >= 15 is 0 Å². The third-order valence-electron chi connectivity index (χ3n) is 4.92. The third-order valence-corrected chi connectivity index (χ3v) is 4.92. The molecule has 3 unspecified atom stereocenters. The number of amides is 1. The molecule has 1 aliphatic heterocycles. The molecule has 22 heavy (non-hydrogen) atoms. The Bertz CT molecular complexity index is 577. The van der Waals surface area contributed by atoms with Gasteiger partial charge in [0.2, 0.25) is 0 Å². The Hall–Kier alpha value is -1.56. The number of piperidine rings is 1. The maximum atomic E-state index is 12.3. The predicted molar refractivity (Wildman–Crippen MR) is 81.4 cm³/mol. The zero-order valence-electron chi connectivity index (χ0n) is 13.8. The first-order valence-electron chi connectivity index (χ1n) is 7.90. The summed E-state index contributed by atoms with van der Waals surface area (Å²) >= 11 is 0. The van der Waals surface area contributed by atoms with Crippen molar-refractivity contribution in [2.75, 3.05) is 19.6 Å². The Labute approximate surface area is 131 Å². The second kappa shape index (κ2) is 4.98. The van der Waals surface area contributed by atoms with Gasteiger partial charge in [0, 0.05) is 31.1 Å². The Kier molecular flexibility index (Phi) is 3.47. The van der Waals surface area contributed by atoms with Gasteiger partial charge in [0.05, 0.1) is 5.69 Å². The highest BCUT2D eigenvalue weighted by Crippen LogP contribution is 2.62. The monoisotopic (exact) mass is 307 g/mol. The van der Waals surface area contributed by atoms with Gasteiger partial charge in [-0.15, -0.1) is 0 Å². The van der Waals surface area contributed by atoms with Gasteiger partial charge in [0.1, 0.15) is 11.4 Å². The van der Waals surface area contributed by atoms with Crippen LogP contribution < -0.4 is 5.73 Å². The number of nitrogens with two attached hydrogens (primary N) is 1. The first kappa shape index (κ1) is 15.3. The summed E-state index contributed by atoms with van der Waals surface area (Å²) in [6.45, 7) is 9.49. The summed E-state index contributed by atoms with van der Waals surface area (Å²) in [5, 5.41) is 4.18. The van der Waals surface area contributed by atoms with Crippen molar-refractivity contribution in [1.29, 1.82) is 0 Å². The molecule has 2 N–H and O–H groups in total. The number of nitrogens with zero attached hydrogens (tertiary/aromatic N) is 2. The smallest absolute Gasteiger partial charge is 0.410 e. The number of aryl methyl sites for hydroxylation is 1. The zero-order chi connectivity index (χ0) is 16.1. The average Bonchev–Trinajstić information content (AvgIpc) is 2.89. The van der Waals surface area contributed by atoms with Crippen LogP contribution in [-0.4, -0.2) is 41.4 Å². The molecule has 0 spiro atoms. The van der Waals surface area contributed by atoms with Gasteiger partial charge in [0.25, 0.3) is 0 Å². The Morgan fingerprint density at radius 3 is 2.82 bits per heavy atom. The molecular formula is C16H25N3O3. The molecule has 1 amide bonds. The van der Waals surface area contributed by atoms with Gasteiger partial charge in [0.15, 0.2) is 0 Å². The number of fused-ring (bicyclic) bond motifs is 1. The van der Waals surface area contributed by atoms with Crippen molar-refractivity contribution in [2.45, 2.75) is 45.1 Å². The minimum atomic E-state index is -0.467. The summed E-state index contributed by atoms with van der Waals surface area (Å²) < 4.78 is 10.7. The van der Waals surface area contributed by atoms with Crippen molar-refractivity contribution in [3.8, 4) is 0 Å². The van der Waals surface area contributed by atoms with Crippen molar-refractivity contribution in [3.05, 3.63) is 17.5 Å². The van der Waals surface area contributed by atoms with Crippen LogP contribution in [0.3, 0.4) is 0 Å². The summed E-state index contributed by atoms with van der Waals surface area (Å²) in [4.78, 5) is 14.1. The number of aromatic nitrogens is 1. The van der Waals surface area contributed by atoms with E-state index in [0.29, 0.717) is 31.5 Å². The molecule has 6 heteroatoms. The average molecular weight is 307 g/mol. The van der Waals surface area contributed by atoms with Crippen molar-refractivity contribution in [1.82, 2.24) is 10.1 Å². The summed E-state index contributed by atoms with van der Waals surface area (Å²) in [5.41, 5.74) is 6.42. The predicted octanol–water partition coefficient (Wildman–Crippen LogP) is 2.07. The number of carbonyl (C=O) groups excluding carboxylic acids is 1. The number of rotatable bonds is 2. The molecule has 1 aromatic heterocycles. The molecule has 0 bridgehead atoms. The van der Waals surface area contributed by atoms with Crippen molar-refractivity contribution in [3.63, 3.8) is 0 Å². The molecule has 6 nitrogen and oxygen atoms in total. The van der Waals surface area contributed by atoms with E-state index in [1.165, 1.54) is 0 Å². The minimum Gasteiger partial charge on any atom is -0.444 e. The number of likely N-dealkylation sites (tertiary alicyclic amines) is 1. The van der Waals surface area contributed by atoms with E-state index in [1.54, 1.807) is 4.90 Å². The van der Waals surface area contributed by atoms with Crippen molar-refractivity contribution in [2.24, 2.45) is 17.6 Å².